The lowest BCUT2D eigenvalue weighted by atomic mass is 9.75. The Kier molecular flexibility index (Phi) is 10.4. The highest BCUT2D eigenvalue weighted by molar-refractivity contribution is 6.35. The Balaban J connectivity index is 1.50. The first-order chi connectivity index (χ1) is 24.3. The summed E-state index contributed by atoms with van der Waals surface area (Å²) in [4.78, 5) is 82.2. The van der Waals surface area contributed by atoms with Gasteiger partial charge in [-0.25, -0.2) is 9.59 Å². The molecule has 0 heterocycles. The van der Waals surface area contributed by atoms with E-state index in [9.17, 15) is 28.8 Å². The van der Waals surface area contributed by atoms with Gasteiger partial charge in [-0.1, -0.05) is 60.7 Å². The first-order valence-electron chi connectivity index (χ1n) is 16.0. The van der Waals surface area contributed by atoms with Gasteiger partial charge >= 0.3 is 12.2 Å². The van der Waals surface area contributed by atoms with E-state index in [4.69, 9.17) is 32.7 Å². The van der Waals surface area contributed by atoms with Gasteiger partial charge in [0.05, 0.1) is 35.7 Å². The molecule has 0 atom stereocenters. The number of alkyl halides is 2. The van der Waals surface area contributed by atoms with E-state index in [1.807, 2.05) is 0 Å². The number of hydrogen-bond donors (Lipinski definition) is 2. The monoisotopic (exact) mass is 712 g/mol. The minimum atomic E-state index is -0.826. The zero-order chi connectivity index (χ0) is 35.4. The third kappa shape index (κ3) is 6.51. The third-order valence-corrected chi connectivity index (χ3v) is 8.97. The van der Waals surface area contributed by atoms with Crippen molar-refractivity contribution in [3.8, 4) is 11.1 Å². The summed E-state index contributed by atoms with van der Waals surface area (Å²) in [5.74, 6) is -1.26. The van der Waals surface area contributed by atoms with E-state index in [0.717, 1.165) is 0 Å². The Morgan fingerprint density at radius 1 is 0.460 bits per heavy atom. The number of rotatable bonds is 11. The average Bonchev–Trinajstić information content (AvgIpc) is 3.13. The number of anilines is 2. The van der Waals surface area contributed by atoms with Crippen molar-refractivity contribution in [2.24, 2.45) is 0 Å². The van der Waals surface area contributed by atoms with Gasteiger partial charge < -0.3 is 9.47 Å². The number of ketones is 4. The third-order valence-electron chi connectivity index (χ3n) is 8.44. The van der Waals surface area contributed by atoms with Crippen LogP contribution in [-0.4, -0.2) is 60.3 Å². The van der Waals surface area contributed by atoms with E-state index in [2.05, 4.69) is 10.6 Å². The van der Waals surface area contributed by atoms with Gasteiger partial charge in [-0.3, -0.25) is 29.8 Å². The molecule has 0 bridgehead atoms. The van der Waals surface area contributed by atoms with Crippen LogP contribution in [0.3, 0.4) is 0 Å². The van der Waals surface area contributed by atoms with E-state index in [1.54, 1.807) is 24.3 Å². The molecule has 0 aromatic heterocycles. The number of amides is 2. The van der Waals surface area contributed by atoms with Gasteiger partial charge in [0.1, 0.15) is 0 Å². The molecule has 0 spiro atoms. The molecule has 2 aliphatic carbocycles. The molecular weight excluding hydrogens is 683 g/mol. The first kappa shape index (κ1) is 34.5. The summed E-state index contributed by atoms with van der Waals surface area (Å²) in [7, 11) is 0. The molecule has 4 aromatic carbocycles. The fourth-order valence-electron chi connectivity index (χ4n) is 6.12. The van der Waals surface area contributed by atoms with Gasteiger partial charge in [-0.15, -0.1) is 23.2 Å². The van der Waals surface area contributed by atoms with Crippen LogP contribution < -0.4 is 10.6 Å². The molecule has 12 heteroatoms. The van der Waals surface area contributed by atoms with Crippen molar-refractivity contribution >= 4 is 69.9 Å². The van der Waals surface area contributed by atoms with Crippen LogP contribution in [-0.2, 0) is 9.47 Å². The fraction of sp³-hybridized carbons (Fsp3) is 0.211. The molecule has 0 radical (unpaired) electrons. The predicted octanol–water partition coefficient (Wildman–Crippen LogP) is 8.04. The highest BCUT2D eigenvalue weighted by atomic mass is 35.5. The summed E-state index contributed by atoms with van der Waals surface area (Å²) in [5.41, 5.74) is 0.717. The van der Waals surface area contributed by atoms with Crippen molar-refractivity contribution in [1.82, 2.24) is 0 Å². The van der Waals surface area contributed by atoms with E-state index >= 15 is 0 Å². The second-order valence-corrected chi connectivity index (χ2v) is 12.3. The molecule has 10 nitrogen and oxygen atoms in total. The van der Waals surface area contributed by atoms with Crippen molar-refractivity contribution in [3.63, 3.8) is 0 Å². The second kappa shape index (κ2) is 15.1. The average molecular weight is 714 g/mol. The number of hydrogen-bond acceptors (Lipinski definition) is 8. The van der Waals surface area contributed by atoms with E-state index in [-0.39, 0.29) is 80.2 Å². The van der Waals surface area contributed by atoms with Gasteiger partial charge in [0.2, 0.25) is 0 Å². The predicted molar refractivity (Wildman–Crippen MR) is 188 cm³/mol. The van der Waals surface area contributed by atoms with Gasteiger partial charge in [0.25, 0.3) is 0 Å². The first-order valence-corrected chi connectivity index (χ1v) is 17.0. The van der Waals surface area contributed by atoms with Gasteiger partial charge in [0.15, 0.2) is 23.1 Å². The van der Waals surface area contributed by atoms with E-state index < -0.39 is 35.3 Å². The van der Waals surface area contributed by atoms with Crippen LogP contribution >= 0.6 is 23.2 Å². The Morgan fingerprint density at radius 2 is 0.800 bits per heavy atom. The van der Waals surface area contributed by atoms with Crippen molar-refractivity contribution in [2.45, 2.75) is 25.7 Å². The maximum absolute atomic E-state index is 14.3. The summed E-state index contributed by atoms with van der Waals surface area (Å²) in [5, 5.41) is 5.19. The molecule has 0 unspecified atom stereocenters. The van der Waals surface area contributed by atoms with Crippen molar-refractivity contribution in [2.75, 3.05) is 35.6 Å². The normalized spacial score (nSPS) is 12.8. The molecule has 0 fully saturated rings. The number of nitrogens with one attached hydrogen (secondary N) is 2. The minimum absolute atomic E-state index is 0.0377. The lowest BCUT2D eigenvalue weighted by Gasteiger charge is -2.26. The summed E-state index contributed by atoms with van der Waals surface area (Å²) in [6.07, 6.45) is 0.708. The van der Waals surface area contributed by atoms with Crippen LogP contribution in [0.1, 0.15) is 89.4 Å². The quantitative estimate of drug-likeness (QED) is 0.101. The summed E-state index contributed by atoms with van der Waals surface area (Å²) in [6.45, 7) is 0.194. The highest BCUT2D eigenvalue weighted by Crippen LogP contribution is 2.43. The minimum Gasteiger partial charge on any atom is -0.449 e. The van der Waals surface area contributed by atoms with Crippen LogP contribution in [0.15, 0.2) is 72.8 Å². The Hall–Kier alpha value is -5.32. The van der Waals surface area contributed by atoms with Crippen LogP contribution in [0.25, 0.3) is 11.1 Å². The maximum atomic E-state index is 14.3. The molecule has 6 rings (SSSR count). The molecule has 0 saturated carbocycles. The molecule has 0 aliphatic heterocycles. The molecule has 4 aromatic rings. The number of unbranched alkanes of at least 4 members (excludes halogenated alkanes) is 2. The SMILES string of the molecule is O=C(Nc1ccc(-c2ccc(NC(=O)OCCCCCl)c3c2C(=O)c2ccccc2C3=O)c2c1C(=O)c1ccccc1C2=O)OCCCCCl. The van der Waals surface area contributed by atoms with E-state index in [1.165, 1.54) is 48.5 Å². The molecule has 2 N–H and O–H groups in total. The van der Waals surface area contributed by atoms with Crippen molar-refractivity contribution in [3.05, 3.63) is 117 Å². The Labute approximate surface area is 297 Å². The number of fused-ring (bicyclic) bond motifs is 4. The number of halogens is 2. The molecule has 50 heavy (non-hydrogen) atoms. The summed E-state index contributed by atoms with van der Waals surface area (Å²) < 4.78 is 10.5. The maximum Gasteiger partial charge on any atom is 0.411 e. The Bertz CT molecular complexity index is 1930. The van der Waals surface area contributed by atoms with Gasteiger partial charge in [-0.05, 0) is 48.9 Å². The zero-order valence-corrected chi connectivity index (χ0v) is 28.1. The van der Waals surface area contributed by atoms with Crippen LogP contribution in [0.4, 0.5) is 21.0 Å². The summed E-state index contributed by atoms with van der Waals surface area (Å²) in [6, 6.07) is 18.5. The zero-order valence-electron chi connectivity index (χ0n) is 26.6. The molecule has 0 saturated heterocycles. The molecule has 254 valence electrons. The van der Waals surface area contributed by atoms with Gasteiger partial charge in [-0.2, -0.15) is 0 Å². The number of carbonyl (C=O) groups excluding carboxylic acids is 6. The van der Waals surface area contributed by atoms with Gasteiger partial charge in [0, 0.05) is 45.1 Å². The molecular formula is C38H30Cl2N2O8. The summed E-state index contributed by atoms with van der Waals surface area (Å²) >= 11 is 11.4. The fourth-order valence-corrected chi connectivity index (χ4v) is 6.50. The number of benzene rings is 4. The largest absolute Gasteiger partial charge is 0.449 e. The van der Waals surface area contributed by atoms with Crippen LogP contribution in [0.5, 0.6) is 0 Å². The highest BCUT2D eigenvalue weighted by Gasteiger charge is 2.38. The van der Waals surface area contributed by atoms with Crippen LogP contribution in [0.2, 0.25) is 0 Å². The van der Waals surface area contributed by atoms with Crippen molar-refractivity contribution < 1.29 is 38.2 Å². The van der Waals surface area contributed by atoms with Crippen LogP contribution in [0, 0.1) is 0 Å². The second-order valence-electron chi connectivity index (χ2n) is 11.5. The number of ether oxygens (including phenoxy) is 2. The smallest absolute Gasteiger partial charge is 0.411 e. The number of carbonyl (C=O) groups is 6. The van der Waals surface area contributed by atoms with Crippen molar-refractivity contribution in [1.29, 1.82) is 0 Å². The lowest BCUT2D eigenvalue weighted by Crippen LogP contribution is -2.27. The van der Waals surface area contributed by atoms with E-state index in [0.29, 0.717) is 37.4 Å². The topological polar surface area (TPSA) is 145 Å². The standard InChI is InChI=1S/C38H30Cl2N2O8/c39-17-5-7-19-49-37(47)41-27-15-13-21(29-31(27)35(45)25-11-3-1-9-23(25)33(29)43)22-14-16-28(42-38(48)50-20-8-6-18-40)32-30(22)34(44)24-10-2-4-12-26(24)36(32)46/h1-4,9-16H,5-8,17-20H2,(H,41,47)(H,42,48). The molecule has 2 aliphatic rings. The molecule has 2 amide bonds. The lowest BCUT2D eigenvalue weighted by molar-refractivity contribution is 0.0978. The Morgan fingerprint density at radius 3 is 1.14 bits per heavy atom.